The molecule has 15 heavy (non-hydrogen) atoms. The predicted molar refractivity (Wildman–Crippen MR) is 70.9 cm³/mol. The summed E-state index contributed by atoms with van der Waals surface area (Å²) >= 11 is 0. The number of nitrogen functional groups attached to an aromatic ring is 1. The number of nitrogens with two attached hydrogens (primary N) is 1. The zero-order valence-electron chi connectivity index (χ0n) is 10.8. The van der Waals surface area contributed by atoms with Crippen LogP contribution in [0.2, 0.25) is 0 Å². The summed E-state index contributed by atoms with van der Waals surface area (Å²) in [6.45, 7) is 12.0. The van der Waals surface area contributed by atoms with Crippen molar-refractivity contribution in [3.63, 3.8) is 0 Å². The second-order valence-corrected chi connectivity index (χ2v) is 2.71. The highest BCUT2D eigenvalue weighted by Crippen LogP contribution is 2.15. The summed E-state index contributed by atoms with van der Waals surface area (Å²) in [6, 6.07) is 3.83. The van der Waals surface area contributed by atoms with Crippen molar-refractivity contribution in [2.45, 2.75) is 41.5 Å². The molecule has 3 N–H and O–H groups in total. The Kier molecular flexibility index (Phi) is 9.95. The van der Waals surface area contributed by atoms with Crippen molar-refractivity contribution in [1.82, 2.24) is 0 Å². The zero-order valence-corrected chi connectivity index (χ0v) is 10.8. The van der Waals surface area contributed by atoms with Crippen molar-refractivity contribution < 1.29 is 0 Å². The van der Waals surface area contributed by atoms with Gasteiger partial charge in [-0.1, -0.05) is 27.7 Å². The van der Waals surface area contributed by atoms with E-state index in [1.165, 1.54) is 17.3 Å². The summed E-state index contributed by atoms with van der Waals surface area (Å²) in [5.74, 6) is 0. The lowest BCUT2D eigenvalue weighted by atomic mass is 10.1. The average molecular weight is 208 g/mol. The van der Waals surface area contributed by atoms with E-state index in [4.69, 9.17) is 11.1 Å². The molecule has 1 rings (SSSR count). The van der Waals surface area contributed by atoms with Gasteiger partial charge in [-0.25, -0.2) is 0 Å². The van der Waals surface area contributed by atoms with Crippen molar-refractivity contribution in [2.24, 2.45) is 0 Å². The van der Waals surface area contributed by atoms with Crippen LogP contribution in [0.25, 0.3) is 0 Å². The maximum Gasteiger partial charge on any atom is 0.0405 e. The molecule has 0 fully saturated rings. The van der Waals surface area contributed by atoms with Crippen LogP contribution in [0.15, 0.2) is 12.1 Å². The number of hydrogen-bond acceptors (Lipinski definition) is 2. The minimum absolute atomic E-state index is 0.683. The molecule has 0 aromatic heterocycles. The molecular formula is C13H24N2. The fraction of sp³-hybridized carbons (Fsp3) is 0.462. The van der Waals surface area contributed by atoms with Gasteiger partial charge >= 0.3 is 0 Å². The number of aryl methyl sites for hydroxylation is 2. The minimum atomic E-state index is 0.683. The van der Waals surface area contributed by atoms with Gasteiger partial charge in [0, 0.05) is 17.5 Å². The predicted octanol–water partition coefficient (Wildman–Crippen LogP) is 3.94. The largest absolute Gasteiger partial charge is 0.398 e. The summed E-state index contributed by atoms with van der Waals surface area (Å²) in [5.41, 5.74) is 9.48. The van der Waals surface area contributed by atoms with Crippen molar-refractivity contribution in [3.05, 3.63) is 28.8 Å². The van der Waals surface area contributed by atoms with Crippen LogP contribution in [0, 0.1) is 19.3 Å². The van der Waals surface area contributed by atoms with Gasteiger partial charge < -0.3 is 11.1 Å². The lowest BCUT2D eigenvalue weighted by Crippen LogP contribution is -1.95. The van der Waals surface area contributed by atoms with E-state index in [0.29, 0.717) is 5.69 Å². The normalized spacial score (nSPS) is 7.87. The van der Waals surface area contributed by atoms with Gasteiger partial charge in [-0.15, -0.1) is 0 Å². The van der Waals surface area contributed by atoms with Crippen LogP contribution in [0.4, 0.5) is 5.69 Å². The maximum absolute atomic E-state index is 7.05. The summed E-state index contributed by atoms with van der Waals surface area (Å²) in [4.78, 5) is 0. The van der Waals surface area contributed by atoms with Gasteiger partial charge in [0.25, 0.3) is 0 Å². The first-order chi connectivity index (χ1) is 7.15. The number of rotatable bonds is 1. The van der Waals surface area contributed by atoms with Crippen LogP contribution < -0.4 is 5.73 Å². The summed E-state index contributed by atoms with van der Waals surface area (Å²) in [6.07, 6.45) is 1.28. The summed E-state index contributed by atoms with van der Waals surface area (Å²) in [7, 11) is 0. The summed E-state index contributed by atoms with van der Waals surface area (Å²) in [5, 5.41) is 7.05. The molecule has 0 amide bonds. The molecule has 1 aromatic carbocycles. The highest BCUT2D eigenvalue weighted by molar-refractivity contribution is 5.85. The van der Waals surface area contributed by atoms with E-state index in [1.54, 1.807) is 0 Å². The molecule has 0 bridgehead atoms. The number of benzene rings is 1. The third-order valence-corrected chi connectivity index (χ3v) is 1.85. The fourth-order valence-corrected chi connectivity index (χ4v) is 0.986. The van der Waals surface area contributed by atoms with E-state index in [0.717, 1.165) is 5.56 Å². The van der Waals surface area contributed by atoms with Gasteiger partial charge in [-0.3, -0.25) is 0 Å². The quantitative estimate of drug-likeness (QED) is 0.533. The van der Waals surface area contributed by atoms with Crippen molar-refractivity contribution in [3.8, 4) is 0 Å². The number of anilines is 1. The molecule has 0 unspecified atom stereocenters. The Balaban J connectivity index is 0. The van der Waals surface area contributed by atoms with E-state index in [-0.39, 0.29) is 0 Å². The van der Waals surface area contributed by atoms with E-state index in [1.807, 2.05) is 53.7 Å². The molecule has 0 saturated heterocycles. The van der Waals surface area contributed by atoms with Crippen LogP contribution in [0.5, 0.6) is 0 Å². The van der Waals surface area contributed by atoms with Crippen LogP contribution in [-0.4, -0.2) is 6.21 Å². The second-order valence-electron chi connectivity index (χ2n) is 2.71. The van der Waals surface area contributed by atoms with Crippen LogP contribution in [0.3, 0.4) is 0 Å². The second kappa shape index (κ2) is 9.25. The van der Waals surface area contributed by atoms with E-state index < -0.39 is 0 Å². The van der Waals surface area contributed by atoms with Gasteiger partial charge in [-0.2, -0.15) is 0 Å². The number of nitrogens with one attached hydrogen (secondary N) is 1. The van der Waals surface area contributed by atoms with Crippen LogP contribution in [0.1, 0.15) is 44.4 Å². The monoisotopic (exact) mass is 208 g/mol. The molecule has 0 aliphatic heterocycles. The van der Waals surface area contributed by atoms with Gasteiger partial charge in [0.2, 0.25) is 0 Å². The van der Waals surface area contributed by atoms with Crippen LogP contribution in [-0.2, 0) is 0 Å². The topological polar surface area (TPSA) is 49.9 Å². The standard InChI is InChI=1S/C9H12N2.2C2H6/c1-6-3-8(5-10)9(11)4-7(6)2;2*1-2/h3-5,10H,11H2,1-2H3;2*1-2H3. The molecule has 0 aliphatic carbocycles. The van der Waals surface area contributed by atoms with Gasteiger partial charge in [0.15, 0.2) is 0 Å². The third-order valence-electron chi connectivity index (χ3n) is 1.85. The van der Waals surface area contributed by atoms with Gasteiger partial charge in [0.05, 0.1) is 0 Å². The lowest BCUT2D eigenvalue weighted by Gasteiger charge is -2.04. The van der Waals surface area contributed by atoms with Crippen molar-refractivity contribution in [2.75, 3.05) is 5.73 Å². The molecule has 0 atom stereocenters. The van der Waals surface area contributed by atoms with Crippen molar-refractivity contribution in [1.29, 1.82) is 5.41 Å². The van der Waals surface area contributed by atoms with E-state index >= 15 is 0 Å². The van der Waals surface area contributed by atoms with E-state index in [9.17, 15) is 0 Å². The first-order valence-electron chi connectivity index (χ1n) is 5.52. The highest BCUT2D eigenvalue weighted by atomic mass is 14.6. The SMILES string of the molecule is CC.CC.Cc1cc(N)c(C=N)cc1C. The molecule has 2 heteroatoms. The number of hydrogen-bond donors (Lipinski definition) is 2. The molecule has 0 heterocycles. The Morgan fingerprint density at radius 3 is 1.80 bits per heavy atom. The first-order valence-corrected chi connectivity index (χ1v) is 5.52. The molecule has 2 nitrogen and oxygen atoms in total. The Hall–Kier alpha value is -1.31. The van der Waals surface area contributed by atoms with Gasteiger partial charge in [-0.05, 0) is 37.1 Å². The molecule has 0 saturated carbocycles. The average Bonchev–Trinajstić information content (AvgIpc) is 2.29. The molecule has 0 radical (unpaired) electrons. The third kappa shape index (κ3) is 5.21. The summed E-state index contributed by atoms with van der Waals surface area (Å²) < 4.78 is 0. The molecule has 0 aliphatic rings. The zero-order chi connectivity index (χ0) is 12.4. The highest BCUT2D eigenvalue weighted by Gasteiger charge is 1.98. The van der Waals surface area contributed by atoms with Gasteiger partial charge in [0.1, 0.15) is 0 Å². The maximum atomic E-state index is 7.05. The first kappa shape index (κ1) is 16.1. The molecule has 86 valence electrons. The van der Waals surface area contributed by atoms with E-state index in [2.05, 4.69) is 0 Å². The molecule has 0 spiro atoms. The lowest BCUT2D eigenvalue weighted by molar-refractivity contribution is 1.33. The Morgan fingerprint density at radius 2 is 1.40 bits per heavy atom. The van der Waals surface area contributed by atoms with Crippen LogP contribution >= 0.6 is 0 Å². The van der Waals surface area contributed by atoms with Crippen molar-refractivity contribution >= 4 is 11.9 Å². The molecule has 1 aromatic rings. The smallest absolute Gasteiger partial charge is 0.0405 e. The Morgan fingerprint density at radius 1 is 1.00 bits per heavy atom. The fourth-order valence-electron chi connectivity index (χ4n) is 0.986. The molecular weight excluding hydrogens is 184 g/mol. The minimum Gasteiger partial charge on any atom is -0.398 e. The Bertz CT molecular complexity index is 291. The Labute approximate surface area is 94.0 Å².